The van der Waals surface area contributed by atoms with Gasteiger partial charge in [0.15, 0.2) is 5.82 Å². The first-order valence-corrected chi connectivity index (χ1v) is 14.9. The van der Waals surface area contributed by atoms with Crippen molar-refractivity contribution < 1.29 is 20.1 Å². The normalized spacial score (nSPS) is 44.1. The molecule has 0 radical (unpaired) electrons. The molecule has 208 valence electrons. The van der Waals surface area contributed by atoms with Gasteiger partial charge in [0.1, 0.15) is 6.42 Å². The molecule has 1 unspecified atom stereocenters. The van der Waals surface area contributed by atoms with Crippen LogP contribution in [0, 0.1) is 52.3 Å². The summed E-state index contributed by atoms with van der Waals surface area (Å²) in [7, 11) is 0. The number of hydrogen-bond donors (Lipinski definition) is 3. The van der Waals surface area contributed by atoms with Gasteiger partial charge in [0.2, 0.25) is 0 Å². The van der Waals surface area contributed by atoms with Gasteiger partial charge < -0.3 is 15.3 Å². The van der Waals surface area contributed by atoms with E-state index in [0.717, 1.165) is 38.5 Å². The third-order valence-electron chi connectivity index (χ3n) is 12.0. The number of aliphatic hydroxyl groups is 2. The van der Waals surface area contributed by atoms with Crippen LogP contribution in [0.25, 0.3) is 0 Å². The van der Waals surface area contributed by atoms with Crippen molar-refractivity contribution in [1.29, 1.82) is 0 Å². The smallest absolute Gasteiger partial charge is 0.311 e. The topological polar surface area (TPSA) is 121 Å². The molecule has 0 aliphatic heterocycles. The lowest BCUT2D eigenvalue weighted by Crippen LogP contribution is -2.62. The maximum absolute atomic E-state index is 11.9. The van der Waals surface area contributed by atoms with E-state index in [1.165, 1.54) is 30.5 Å². The van der Waals surface area contributed by atoms with Gasteiger partial charge >= 0.3 is 5.97 Å². The highest BCUT2D eigenvalue weighted by atomic mass is 16.4. The lowest BCUT2D eigenvalue weighted by molar-refractivity contribution is -0.203. The Balaban J connectivity index is 1.26. The molecule has 0 spiro atoms. The summed E-state index contributed by atoms with van der Waals surface area (Å²) >= 11 is 0. The van der Waals surface area contributed by atoms with Crippen LogP contribution >= 0.6 is 0 Å². The van der Waals surface area contributed by atoms with Gasteiger partial charge in [-0.05, 0) is 115 Å². The van der Waals surface area contributed by atoms with Gasteiger partial charge in [-0.3, -0.25) is 4.79 Å². The number of tetrazole rings is 1. The molecule has 37 heavy (non-hydrogen) atoms. The number of carbonyl (C=O) groups is 1. The second-order valence-electron chi connectivity index (χ2n) is 13.6. The lowest BCUT2D eigenvalue weighted by Gasteiger charge is -2.64. The maximum atomic E-state index is 11.9. The van der Waals surface area contributed by atoms with Crippen molar-refractivity contribution in [3.63, 3.8) is 0 Å². The second kappa shape index (κ2) is 10.2. The minimum Gasteiger partial charge on any atom is -0.481 e. The van der Waals surface area contributed by atoms with E-state index in [1.807, 2.05) is 0 Å². The molecular formula is C29H48N4O4. The molecule has 3 N–H and O–H groups in total. The molecule has 1 aromatic heterocycles. The van der Waals surface area contributed by atoms with Crippen molar-refractivity contribution in [1.82, 2.24) is 20.2 Å². The number of aryl methyl sites for hydroxylation is 1. The highest BCUT2D eigenvalue weighted by Gasteiger charge is 2.64. The summed E-state index contributed by atoms with van der Waals surface area (Å²) in [4.78, 5) is 12.4. The van der Waals surface area contributed by atoms with E-state index in [-0.39, 0.29) is 35.3 Å². The molecule has 0 amide bonds. The summed E-state index contributed by atoms with van der Waals surface area (Å²) in [6.45, 7) is 10.4. The van der Waals surface area contributed by atoms with E-state index in [4.69, 9.17) is 5.11 Å². The molecule has 0 saturated heterocycles. The third kappa shape index (κ3) is 4.64. The molecule has 11 atom stereocenters. The van der Waals surface area contributed by atoms with Gasteiger partial charge in [0.25, 0.3) is 0 Å². The van der Waals surface area contributed by atoms with Gasteiger partial charge in [0, 0.05) is 0 Å². The molecule has 1 heterocycles. The number of fused-ring (bicyclic) bond motifs is 5. The first-order valence-electron chi connectivity index (χ1n) is 14.9. The van der Waals surface area contributed by atoms with Gasteiger partial charge in [-0.2, -0.15) is 4.80 Å². The van der Waals surface area contributed by atoms with Crippen LogP contribution in [-0.2, 0) is 17.8 Å². The summed E-state index contributed by atoms with van der Waals surface area (Å²) in [5.74, 6) is 2.88. The van der Waals surface area contributed by atoms with Crippen LogP contribution in [0.2, 0.25) is 0 Å². The van der Waals surface area contributed by atoms with Gasteiger partial charge in [-0.15, -0.1) is 10.2 Å². The number of aromatic nitrogens is 4. The summed E-state index contributed by atoms with van der Waals surface area (Å²) in [6, 6.07) is 0. The second-order valence-corrected chi connectivity index (χ2v) is 13.6. The number of hydrogen-bond acceptors (Lipinski definition) is 6. The zero-order valence-electron chi connectivity index (χ0n) is 23.2. The van der Waals surface area contributed by atoms with E-state index in [0.29, 0.717) is 48.0 Å². The van der Waals surface area contributed by atoms with E-state index >= 15 is 0 Å². The molecule has 4 fully saturated rings. The van der Waals surface area contributed by atoms with Crippen molar-refractivity contribution in [2.24, 2.45) is 52.3 Å². The highest BCUT2D eigenvalue weighted by Crippen LogP contribution is 2.69. The van der Waals surface area contributed by atoms with Crippen LogP contribution < -0.4 is 0 Å². The molecular weight excluding hydrogens is 468 g/mol. The maximum Gasteiger partial charge on any atom is 0.311 e. The van der Waals surface area contributed by atoms with E-state index in [2.05, 4.69) is 43.1 Å². The Morgan fingerprint density at radius 1 is 1.08 bits per heavy atom. The van der Waals surface area contributed by atoms with Crippen LogP contribution in [0.1, 0.15) is 97.7 Å². The van der Waals surface area contributed by atoms with Crippen molar-refractivity contribution in [2.45, 2.75) is 117 Å². The molecule has 5 rings (SSSR count). The van der Waals surface area contributed by atoms with Gasteiger partial charge in [-0.1, -0.05) is 34.1 Å². The highest BCUT2D eigenvalue weighted by molar-refractivity contribution is 5.68. The summed E-state index contributed by atoms with van der Waals surface area (Å²) in [5.41, 5.74) is 0.524. The Morgan fingerprint density at radius 3 is 2.54 bits per heavy atom. The summed E-state index contributed by atoms with van der Waals surface area (Å²) in [6.07, 6.45) is 10.3. The average molecular weight is 517 g/mol. The average Bonchev–Trinajstić information content (AvgIpc) is 3.43. The summed E-state index contributed by atoms with van der Waals surface area (Å²) in [5, 5.41) is 43.4. The molecule has 4 saturated carbocycles. The number of aliphatic hydroxyl groups excluding tert-OH is 2. The van der Waals surface area contributed by atoms with Crippen LogP contribution in [0.4, 0.5) is 0 Å². The lowest BCUT2D eigenvalue weighted by atomic mass is 9.41. The largest absolute Gasteiger partial charge is 0.481 e. The molecule has 1 aromatic rings. The van der Waals surface area contributed by atoms with Gasteiger partial charge in [-0.25, -0.2) is 0 Å². The fourth-order valence-corrected chi connectivity index (χ4v) is 10.3. The first kappa shape index (κ1) is 27.0. The SMILES string of the molecule is CC[C@@H]1C2C[C@H](O)CC[C@]2(C)[C@H]2CC[C@]3(C)[C@@H]([C@H](C)CCCn4nnc(CC(=O)O)n4)CC[C@H]3[C@@H]2[C@@H]1O. The van der Waals surface area contributed by atoms with E-state index in [9.17, 15) is 15.0 Å². The van der Waals surface area contributed by atoms with Crippen LogP contribution in [0.15, 0.2) is 0 Å². The Labute approximate surface area is 221 Å². The van der Waals surface area contributed by atoms with Crippen molar-refractivity contribution in [2.75, 3.05) is 0 Å². The van der Waals surface area contributed by atoms with Crippen molar-refractivity contribution in [3.05, 3.63) is 5.82 Å². The Bertz CT molecular complexity index is 969. The molecule has 8 nitrogen and oxygen atoms in total. The monoisotopic (exact) mass is 516 g/mol. The van der Waals surface area contributed by atoms with Crippen molar-refractivity contribution >= 4 is 5.97 Å². The zero-order chi connectivity index (χ0) is 26.5. The molecule has 0 bridgehead atoms. The number of rotatable bonds is 8. The van der Waals surface area contributed by atoms with Crippen LogP contribution in [0.3, 0.4) is 0 Å². The molecule has 4 aliphatic rings. The Morgan fingerprint density at radius 2 is 1.81 bits per heavy atom. The van der Waals surface area contributed by atoms with Gasteiger partial charge in [0.05, 0.1) is 18.8 Å². The number of aliphatic carboxylic acids is 1. The number of carboxylic acid groups (broad SMARTS) is 1. The van der Waals surface area contributed by atoms with Crippen LogP contribution in [-0.4, -0.2) is 53.7 Å². The first-order chi connectivity index (χ1) is 17.6. The van der Waals surface area contributed by atoms with E-state index < -0.39 is 5.97 Å². The standard InChI is InChI=1S/C29H48N4O4/c1-5-19-23-15-18(34)10-12-29(23,4)22-11-13-28(3)20(8-9-21(28)26(22)27(19)37)17(2)7-6-14-33-31-24(30-32-33)16-25(35)36/h17-23,26-27,34,37H,5-16H2,1-4H3,(H,35,36)/t17-,18-,19-,20-,21+,22+,23?,26+,27-,28-,29-/m1/s1. The van der Waals surface area contributed by atoms with Crippen molar-refractivity contribution in [3.8, 4) is 0 Å². The number of nitrogens with zero attached hydrogens (tertiary/aromatic N) is 4. The minimum absolute atomic E-state index is 0.189. The Hall–Kier alpha value is -1.54. The molecule has 0 aromatic carbocycles. The number of carboxylic acids is 1. The fourth-order valence-electron chi connectivity index (χ4n) is 10.3. The predicted octanol–water partition coefficient (Wildman–Crippen LogP) is 4.34. The molecule has 8 heteroatoms. The summed E-state index contributed by atoms with van der Waals surface area (Å²) < 4.78 is 0. The fraction of sp³-hybridized carbons (Fsp3) is 0.931. The zero-order valence-corrected chi connectivity index (χ0v) is 23.2. The molecule has 4 aliphatic carbocycles. The minimum atomic E-state index is -0.939. The van der Waals surface area contributed by atoms with Crippen LogP contribution in [0.5, 0.6) is 0 Å². The third-order valence-corrected chi connectivity index (χ3v) is 12.0. The predicted molar refractivity (Wildman–Crippen MR) is 139 cm³/mol. The Kier molecular flexibility index (Phi) is 7.47. The van der Waals surface area contributed by atoms with E-state index in [1.54, 1.807) is 0 Å². The quantitative estimate of drug-likeness (QED) is 0.470.